The topological polar surface area (TPSA) is 12.9 Å². The summed E-state index contributed by atoms with van der Waals surface area (Å²) < 4.78 is 5.90. The third-order valence-electron chi connectivity index (χ3n) is 3.63. The van der Waals surface area contributed by atoms with Gasteiger partial charge in [0.1, 0.15) is 0 Å². The van der Waals surface area contributed by atoms with Gasteiger partial charge in [0.15, 0.2) is 0 Å². The van der Waals surface area contributed by atoms with Gasteiger partial charge in [-0.25, -0.2) is 0 Å². The van der Waals surface area contributed by atoms with Crippen LogP contribution in [0.25, 0.3) is 11.3 Å². The second-order valence-electron chi connectivity index (χ2n) is 6.00. The van der Waals surface area contributed by atoms with E-state index >= 15 is 0 Å². The molecule has 2 aromatic rings. The number of allylic oxidation sites excluding steroid dienone is 2. The minimum atomic E-state index is 0.796. The van der Waals surface area contributed by atoms with Crippen LogP contribution in [0.1, 0.15) is 40.0 Å². The van der Waals surface area contributed by atoms with Crippen molar-refractivity contribution >= 4 is 23.3 Å². The van der Waals surface area contributed by atoms with Crippen LogP contribution in [0.2, 0.25) is 0 Å². The van der Waals surface area contributed by atoms with Crippen LogP contribution in [0.3, 0.4) is 0 Å². The molecule has 1 aromatic heterocycles. The third-order valence-corrected chi connectivity index (χ3v) is 5.63. The van der Waals surface area contributed by atoms with Crippen molar-refractivity contribution in [1.82, 2.24) is 4.37 Å². The molecule has 0 aliphatic heterocycles. The van der Waals surface area contributed by atoms with Crippen molar-refractivity contribution in [2.45, 2.75) is 44.2 Å². The largest absolute Gasteiger partial charge is 0.192 e. The van der Waals surface area contributed by atoms with Gasteiger partial charge < -0.3 is 0 Å². The molecule has 0 aliphatic rings. The molecule has 22 heavy (non-hydrogen) atoms. The molecule has 0 aliphatic carbocycles. The van der Waals surface area contributed by atoms with Crippen molar-refractivity contribution in [2.75, 3.05) is 5.75 Å². The smallest absolute Gasteiger partial charge is 0.0852 e. The molecule has 1 aromatic carbocycles. The number of hydrogen-bond acceptors (Lipinski definition) is 3. The molecule has 0 saturated heterocycles. The summed E-state index contributed by atoms with van der Waals surface area (Å²) in [6.45, 7) is 6.71. The fraction of sp³-hybridized carbons (Fsp3) is 0.421. The second kappa shape index (κ2) is 9.16. The predicted molar refractivity (Wildman–Crippen MR) is 101 cm³/mol. The molecule has 1 unspecified atom stereocenters. The van der Waals surface area contributed by atoms with Gasteiger partial charge in [0.05, 0.1) is 9.90 Å². The number of nitrogens with zero attached hydrogens (tertiary/aromatic N) is 1. The van der Waals surface area contributed by atoms with Crippen molar-refractivity contribution in [3.8, 4) is 11.3 Å². The summed E-state index contributed by atoms with van der Waals surface area (Å²) >= 11 is 3.57. The monoisotopic (exact) mass is 331 g/mol. The van der Waals surface area contributed by atoms with Crippen LogP contribution < -0.4 is 0 Å². The summed E-state index contributed by atoms with van der Waals surface area (Å²) in [7, 11) is 0. The molecule has 0 bridgehead atoms. The van der Waals surface area contributed by atoms with Crippen LogP contribution >= 0.6 is 23.3 Å². The first-order valence-corrected chi connectivity index (χ1v) is 9.69. The first-order valence-electron chi connectivity index (χ1n) is 7.93. The van der Waals surface area contributed by atoms with Crippen LogP contribution in [-0.2, 0) is 0 Å². The zero-order valence-corrected chi connectivity index (χ0v) is 15.3. The normalized spacial score (nSPS) is 12.1. The van der Waals surface area contributed by atoms with Crippen LogP contribution in [0.15, 0.2) is 52.3 Å². The van der Waals surface area contributed by atoms with Crippen LogP contribution in [-0.4, -0.2) is 10.1 Å². The van der Waals surface area contributed by atoms with E-state index in [9.17, 15) is 0 Å². The Labute approximate surface area is 143 Å². The van der Waals surface area contributed by atoms with E-state index in [0.29, 0.717) is 0 Å². The van der Waals surface area contributed by atoms with Gasteiger partial charge in [0, 0.05) is 5.56 Å². The SMILES string of the molecule is CC(C)=CCCC(C)CCSc1cc(-c2ccccc2)ns1. The summed E-state index contributed by atoms with van der Waals surface area (Å²) in [4.78, 5) is 0. The average Bonchev–Trinajstić information content (AvgIpc) is 2.97. The van der Waals surface area contributed by atoms with E-state index in [-0.39, 0.29) is 0 Å². The van der Waals surface area contributed by atoms with E-state index in [1.807, 2.05) is 17.8 Å². The molecule has 1 nitrogen and oxygen atoms in total. The van der Waals surface area contributed by atoms with Crippen LogP contribution in [0.4, 0.5) is 0 Å². The van der Waals surface area contributed by atoms with E-state index in [4.69, 9.17) is 0 Å². The molecule has 0 saturated carbocycles. The van der Waals surface area contributed by atoms with E-state index in [2.05, 4.69) is 61.6 Å². The number of thioether (sulfide) groups is 1. The summed E-state index contributed by atoms with van der Waals surface area (Å²) in [6, 6.07) is 12.6. The highest BCUT2D eigenvalue weighted by Gasteiger charge is 2.06. The molecule has 118 valence electrons. The van der Waals surface area contributed by atoms with E-state index < -0.39 is 0 Å². The Balaban J connectivity index is 1.74. The van der Waals surface area contributed by atoms with Crippen LogP contribution in [0.5, 0.6) is 0 Å². The fourth-order valence-corrected chi connectivity index (χ4v) is 4.23. The van der Waals surface area contributed by atoms with Crippen LogP contribution in [0, 0.1) is 5.92 Å². The molecule has 2 rings (SSSR count). The van der Waals surface area contributed by atoms with Crippen molar-refractivity contribution in [1.29, 1.82) is 0 Å². The van der Waals surface area contributed by atoms with Gasteiger partial charge in [-0.15, -0.1) is 11.8 Å². The predicted octanol–water partition coefficient (Wildman–Crippen LogP) is 6.67. The standard InChI is InChI=1S/C19H25NS2/c1-15(2)8-7-9-16(3)12-13-21-19-14-18(20-22-19)17-10-5-4-6-11-17/h4-6,8,10-11,14,16H,7,9,12-13H2,1-3H3. The van der Waals surface area contributed by atoms with Gasteiger partial charge in [-0.2, -0.15) is 4.37 Å². The van der Waals surface area contributed by atoms with Gasteiger partial charge in [-0.3, -0.25) is 0 Å². The zero-order chi connectivity index (χ0) is 15.8. The number of rotatable bonds is 8. The van der Waals surface area contributed by atoms with E-state index in [0.717, 1.165) is 11.6 Å². The molecule has 0 fully saturated rings. The Morgan fingerprint density at radius 1 is 1.23 bits per heavy atom. The Morgan fingerprint density at radius 2 is 2.00 bits per heavy atom. The highest BCUT2D eigenvalue weighted by atomic mass is 32.2. The van der Waals surface area contributed by atoms with E-state index in [1.165, 1.54) is 40.4 Å². The first-order chi connectivity index (χ1) is 10.6. The molecule has 1 heterocycles. The Hall–Kier alpha value is -1.06. The van der Waals surface area contributed by atoms with Crippen molar-refractivity contribution in [3.63, 3.8) is 0 Å². The number of benzene rings is 1. The number of hydrogen-bond donors (Lipinski definition) is 0. The van der Waals surface area contributed by atoms with Gasteiger partial charge in [-0.1, -0.05) is 48.9 Å². The summed E-state index contributed by atoms with van der Waals surface area (Å²) in [6.07, 6.45) is 6.13. The van der Waals surface area contributed by atoms with E-state index in [1.54, 1.807) is 11.5 Å². The molecule has 0 amide bonds. The first kappa shape index (κ1) is 17.3. The van der Waals surface area contributed by atoms with Gasteiger partial charge >= 0.3 is 0 Å². The Bertz CT molecular complexity index is 582. The molecule has 0 spiro atoms. The lowest BCUT2D eigenvalue weighted by Gasteiger charge is -2.08. The molecule has 1 atom stereocenters. The third kappa shape index (κ3) is 5.98. The lowest BCUT2D eigenvalue weighted by atomic mass is 10.0. The van der Waals surface area contributed by atoms with Gasteiger partial charge in [0.25, 0.3) is 0 Å². The highest BCUT2D eigenvalue weighted by Crippen LogP contribution is 2.30. The summed E-state index contributed by atoms with van der Waals surface area (Å²) in [5.41, 5.74) is 3.74. The fourth-order valence-electron chi connectivity index (χ4n) is 2.23. The molecule has 3 heteroatoms. The summed E-state index contributed by atoms with van der Waals surface area (Å²) in [5, 5.41) is 0. The quantitative estimate of drug-likeness (QED) is 0.395. The summed E-state index contributed by atoms with van der Waals surface area (Å²) in [5.74, 6) is 1.98. The van der Waals surface area contributed by atoms with Gasteiger partial charge in [0.2, 0.25) is 0 Å². The maximum Gasteiger partial charge on any atom is 0.0852 e. The van der Waals surface area contributed by atoms with Crippen molar-refractivity contribution < 1.29 is 0 Å². The Morgan fingerprint density at radius 3 is 2.73 bits per heavy atom. The highest BCUT2D eigenvalue weighted by molar-refractivity contribution is 8.01. The lowest BCUT2D eigenvalue weighted by Crippen LogP contribution is -1.95. The average molecular weight is 332 g/mol. The second-order valence-corrected chi connectivity index (χ2v) is 8.20. The zero-order valence-electron chi connectivity index (χ0n) is 13.7. The maximum atomic E-state index is 4.57. The Kier molecular flexibility index (Phi) is 7.20. The minimum Gasteiger partial charge on any atom is -0.192 e. The maximum absolute atomic E-state index is 4.57. The van der Waals surface area contributed by atoms with Crippen molar-refractivity contribution in [2.24, 2.45) is 5.92 Å². The molecular formula is C19H25NS2. The number of aromatic nitrogens is 1. The van der Waals surface area contributed by atoms with Gasteiger partial charge in [-0.05, 0) is 62.4 Å². The molecule has 0 radical (unpaired) electrons. The molecule has 0 N–H and O–H groups in total. The lowest BCUT2D eigenvalue weighted by molar-refractivity contribution is 0.525. The molecular weight excluding hydrogens is 306 g/mol. The van der Waals surface area contributed by atoms with Crippen molar-refractivity contribution in [3.05, 3.63) is 48.0 Å². The minimum absolute atomic E-state index is 0.796.